The van der Waals surface area contributed by atoms with Gasteiger partial charge in [0.2, 0.25) is 5.82 Å². The van der Waals surface area contributed by atoms with Gasteiger partial charge in [-0.05, 0) is 23.9 Å². The second-order valence-electron chi connectivity index (χ2n) is 11.0. The molecule has 7 atom stereocenters. The van der Waals surface area contributed by atoms with E-state index >= 15 is 0 Å². The Morgan fingerprint density at radius 2 is 1.71 bits per heavy atom. The van der Waals surface area contributed by atoms with Crippen molar-refractivity contribution < 1.29 is 64.9 Å². The third kappa shape index (κ3) is 10.2. The molecule has 1 saturated heterocycles. The van der Waals surface area contributed by atoms with E-state index in [0.717, 1.165) is 0 Å². The minimum Gasteiger partial charge on any atom is -0.460 e. The molecule has 5 rings (SSSR count). The van der Waals surface area contributed by atoms with Gasteiger partial charge in [-0.15, -0.1) is 0 Å². The van der Waals surface area contributed by atoms with E-state index < -0.39 is 77.5 Å². The number of aromatic nitrogens is 2. The van der Waals surface area contributed by atoms with Crippen molar-refractivity contribution >= 4 is 40.1 Å². The topological polar surface area (TPSA) is 251 Å². The number of aliphatic hydroxyl groups excluding tert-OH is 1. The summed E-state index contributed by atoms with van der Waals surface area (Å²) in [7, 11) is -16.7. The Kier molecular flexibility index (Phi) is 11.9. The van der Waals surface area contributed by atoms with Crippen LogP contribution in [0.5, 0.6) is 5.75 Å². The molecule has 51 heavy (non-hydrogen) atoms. The molecule has 4 unspecified atom stereocenters. The van der Waals surface area contributed by atoms with Gasteiger partial charge in [-0.25, -0.2) is 18.5 Å². The van der Waals surface area contributed by atoms with Crippen LogP contribution in [-0.4, -0.2) is 55.3 Å². The zero-order valence-electron chi connectivity index (χ0n) is 26.3. The highest BCUT2D eigenvalue weighted by Gasteiger charge is 2.46. The highest BCUT2D eigenvalue weighted by molar-refractivity contribution is 7.68. The van der Waals surface area contributed by atoms with Gasteiger partial charge in [-0.3, -0.25) is 23.7 Å². The molecule has 3 aromatic carbocycles. The van der Waals surface area contributed by atoms with E-state index in [1.165, 1.54) is 19.1 Å². The minimum atomic E-state index is -5.90. The summed E-state index contributed by atoms with van der Waals surface area (Å²) in [6, 6.07) is 18.2. The molecule has 2 heterocycles. The van der Waals surface area contributed by atoms with Gasteiger partial charge in [-0.2, -0.15) is 18.1 Å². The maximum Gasteiger partial charge on any atom is 0.490 e. The highest BCUT2D eigenvalue weighted by atomic mass is 31.3. The third-order valence-corrected chi connectivity index (χ3v) is 12.1. The Morgan fingerprint density at radius 3 is 2.45 bits per heavy atom. The number of hydrogen-bond donors (Lipinski definition) is 5. The normalized spacial score (nSPS) is 21.6. The van der Waals surface area contributed by atoms with E-state index in [1.54, 1.807) is 65.6 Å². The van der Waals surface area contributed by atoms with Crippen molar-refractivity contribution in [1.82, 2.24) is 14.6 Å². The first kappa shape index (κ1) is 38.4. The van der Waals surface area contributed by atoms with Gasteiger partial charge in [0, 0.05) is 11.8 Å². The lowest BCUT2D eigenvalue weighted by atomic mass is 10.1. The fourth-order valence-electron chi connectivity index (χ4n) is 4.80. The summed E-state index contributed by atoms with van der Waals surface area (Å²) in [6.45, 7) is 0.0276. The van der Waals surface area contributed by atoms with Crippen LogP contribution in [0.2, 0.25) is 0 Å². The monoisotopic (exact) mass is 773 g/mol. The lowest BCUT2D eigenvalue weighted by Gasteiger charge is -2.25. The molecule has 1 fully saturated rings. The van der Waals surface area contributed by atoms with Crippen molar-refractivity contribution in [2.45, 2.75) is 44.4 Å². The Morgan fingerprint density at radius 1 is 1.02 bits per heavy atom. The van der Waals surface area contributed by atoms with Crippen LogP contribution in [0.1, 0.15) is 25.1 Å². The first-order chi connectivity index (χ1) is 24.0. The predicted molar refractivity (Wildman–Crippen MR) is 175 cm³/mol. The van der Waals surface area contributed by atoms with Gasteiger partial charge in [0.15, 0.2) is 0 Å². The fraction of sp³-hybridized carbons (Fsp3) is 0.276. The number of benzene rings is 3. The molecule has 0 saturated carbocycles. The number of nitrogens with one attached hydrogen (secondary N) is 2. The number of esters is 1. The fourth-order valence-corrected chi connectivity index (χ4v) is 9.21. The summed E-state index contributed by atoms with van der Waals surface area (Å²) >= 11 is 0. The Bertz CT molecular complexity index is 2140. The number of hydrogen-bond acceptors (Lipinski definition) is 13. The molecule has 4 aromatic rings. The molecule has 1 aliphatic rings. The van der Waals surface area contributed by atoms with Crippen LogP contribution in [0.25, 0.3) is 10.8 Å². The number of carbonyl (C=O) groups is 1. The average molecular weight is 773 g/mol. The molecule has 1 aliphatic heterocycles. The Hall–Kier alpha value is -3.83. The third-order valence-electron chi connectivity index (χ3n) is 7.16. The maximum atomic E-state index is 14.1. The van der Waals surface area contributed by atoms with E-state index in [9.17, 15) is 47.4 Å². The maximum absolute atomic E-state index is 14.1. The summed E-state index contributed by atoms with van der Waals surface area (Å²) < 4.78 is 84.2. The second-order valence-corrected chi connectivity index (χ2v) is 15.9. The van der Waals surface area contributed by atoms with Crippen molar-refractivity contribution in [1.29, 1.82) is 0 Å². The van der Waals surface area contributed by atoms with Crippen molar-refractivity contribution in [2.24, 2.45) is 0 Å². The molecule has 22 heteroatoms. The van der Waals surface area contributed by atoms with Crippen molar-refractivity contribution in [2.75, 3.05) is 6.61 Å². The van der Waals surface area contributed by atoms with Crippen LogP contribution in [0.15, 0.2) is 88.6 Å². The number of aliphatic hydroxyl groups is 1. The number of H-pyrrole nitrogens is 1. The number of phosphoric ester groups is 1. The zero-order valence-corrected chi connectivity index (χ0v) is 29.0. The molecule has 18 nitrogen and oxygen atoms in total. The lowest BCUT2D eigenvalue weighted by Crippen LogP contribution is -2.34. The Balaban J connectivity index is 1.28. The average Bonchev–Trinajstić information content (AvgIpc) is 3.43. The van der Waals surface area contributed by atoms with Crippen molar-refractivity contribution in [3.8, 4) is 5.75 Å². The minimum absolute atomic E-state index is 0.138. The van der Waals surface area contributed by atoms with Crippen LogP contribution in [0.3, 0.4) is 0 Å². The zero-order chi connectivity index (χ0) is 37.0. The standard InChI is InChI=1S/C29H31FN3O15P3/c1-18(28(36)43-16-19-8-3-2-4-9-19)32-49(38,46-24-13-7-11-20-10-5-6-12-21(20)24)47-51(41,42)48-50(39,40)44-17-25-23(34)14-26(45-25)33-15-22(30)27(35)31-29(33)37/h2-13,15,18,23,25-26,34H,14,16-17H2,1H3,(H,32,38)(H,39,40)(H,41,42)(H,31,35,37)/t18?,23-,25+,26+,49?/m0/s1. The molecule has 5 N–H and O–H groups in total. The van der Waals surface area contributed by atoms with E-state index in [-0.39, 0.29) is 18.8 Å². The van der Waals surface area contributed by atoms with Gasteiger partial charge in [0.05, 0.1) is 18.9 Å². The lowest BCUT2D eigenvalue weighted by molar-refractivity contribution is -0.146. The smallest absolute Gasteiger partial charge is 0.460 e. The number of rotatable bonds is 15. The molecule has 0 bridgehead atoms. The summed E-state index contributed by atoms with van der Waals surface area (Å²) in [5.41, 5.74) is -1.73. The second kappa shape index (κ2) is 15.8. The summed E-state index contributed by atoms with van der Waals surface area (Å²) in [5.74, 6) is -2.44. The van der Waals surface area contributed by atoms with Crippen molar-refractivity contribution in [3.63, 3.8) is 0 Å². The van der Waals surface area contributed by atoms with E-state index in [0.29, 0.717) is 27.1 Å². The molecule has 1 aromatic heterocycles. The first-order valence-electron chi connectivity index (χ1n) is 14.9. The number of nitrogens with zero attached hydrogens (tertiary/aromatic N) is 1. The molecular weight excluding hydrogens is 742 g/mol. The van der Waals surface area contributed by atoms with Gasteiger partial charge in [0.25, 0.3) is 5.56 Å². The summed E-state index contributed by atoms with van der Waals surface area (Å²) in [5, 5.41) is 13.5. The summed E-state index contributed by atoms with van der Waals surface area (Å²) in [6.07, 6.45) is -4.11. The quantitative estimate of drug-likeness (QED) is 0.0854. The van der Waals surface area contributed by atoms with Crippen molar-refractivity contribution in [3.05, 3.63) is 111 Å². The van der Waals surface area contributed by atoms with Gasteiger partial charge < -0.3 is 28.9 Å². The number of halogens is 1. The first-order valence-corrected chi connectivity index (χ1v) is 19.4. The number of ether oxygens (including phenoxy) is 2. The molecule has 0 aliphatic carbocycles. The predicted octanol–water partition coefficient (Wildman–Crippen LogP) is 3.64. The van der Waals surface area contributed by atoms with Gasteiger partial charge in [-0.1, -0.05) is 66.7 Å². The molecule has 0 spiro atoms. The summed E-state index contributed by atoms with van der Waals surface area (Å²) in [4.78, 5) is 58.6. The van der Waals surface area contributed by atoms with Gasteiger partial charge >= 0.3 is 35.1 Å². The van der Waals surface area contributed by atoms with E-state index in [1.807, 2.05) is 0 Å². The molecule has 0 amide bonds. The number of aromatic amines is 1. The number of fused-ring (bicyclic) bond motifs is 1. The van der Waals surface area contributed by atoms with Crippen LogP contribution >= 0.6 is 23.4 Å². The SMILES string of the molecule is CC(NP(=O)(Oc1cccc2ccccc12)OP(=O)(O)OP(=O)(O)OC[C@H]1O[C@@H](n2cc(F)c(=O)[nH]c2=O)C[C@@H]1O)C(=O)OCc1ccccc1. The Labute approximate surface area is 287 Å². The van der Waals surface area contributed by atoms with Crippen LogP contribution in [-0.2, 0) is 47.7 Å². The van der Waals surface area contributed by atoms with E-state index in [4.69, 9.17) is 22.8 Å². The number of phosphoric acid groups is 2. The number of carbonyl (C=O) groups excluding carboxylic acids is 1. The molecular formula is C29H31FN3O15P3. The molecule has 274 valence electrons. The van der Waals surface area contributed by atoms with Crippen LogP contribution < -0.4 is 20.9 Å². The van der Waals surface area contributed by atoms with Crippen LogP contribution in [0.4, 0.5) is 4.39 Å². The van der Waals surface area contributed by atoms with Gasteiger partial charge in [0.1, 0.15) is 30.7 Å². The largest absolute Gasteiger partial charge is 0.490 e. The molecule has 0 radical (unpaired) electrons. The van der Waals surface area contributed by atoms with E-state index in [2.05, 4.69) is 9.40 Å². The highest BCUT2D eigenvalue weighted by Crippen LogP contribution is 2.68. The van der Waals surface area contributed by atoms with Crippen LogP contribution in [0, 0.1) is 5.82 Å².